The number of aromatic nitrogens is 2. The Morgan fingerprint density at radius 1 is 1.23 bits per heavy atom. The minimum atomic E-state index is -0.0804. The molecule has 0 unspecified atom stereocenters. The van der Waals surface area contributed by atoms with E-state index in [0.29, 0.717) is 15.0 Å². The van der Waals surface area contributed by atoms with Gasteiger partial charge in [0.05, 0.1) is 11.4 Å². The second kappa shape index (κ2) is 10.4. The van der Waals surface area contributed by atoms with Crippen LogP contribution in [-0.2, 0) is 4.79 Å². The highest BCUT2D eigenvalue weighted by atomic mass is 35.5. The summed E-state index contributed by atoms with van der Waals surface area (Å²) in [6.45, 7) is 7.41. The maximum atomic E-state index is 12.4. The third kappa shape index (κ3) is 5.85. The smallest absolute Gasteiger partial charge is 0.234 e. The van der Waals surface area contributed by atoms with Gasteiger partial charge in [0.2, 0.25) is 5.91 Å². The predicted octanol–water partition coefficient (Wildman–Crippen LogP) is 6.28. The SMILES string of the molecule is CCN(c1ccc(NC(=O)CSc2nn(-c3ccc(Cl)cc3)c(=S)s2)cc1)C(C)C. The lowest BCUT2D eigenvalue weighted by Gasteiger charge is -2.27. The summed E-state index contributed by atoms with van der Waals surface area (Å²) in [5.74, 6) is 0.181. The lowest BCUT2D eigenvalue weighted by Crippen LogP contribution is -2.30. The molecule has 0 radical (unpaired) electrons. The van der Waals surface area contributed by atoms with Crippen LogP contribution in [0.15, 0.2) is 52.9 Å². The Morgan fingerprint density at radius 2 is 1.90 bits per heavy atom. The summed E-state index contributed by atoms with van der Waals surface area (Å²) in [4.78, 5) is 14.7. The van der Waals surface area contributed by atoms with Crippen LogP contribution in [0.4, 0.5) is 11.4 Å². The number of nitrogens with zero attached hydrogens (tertiary/aromatic N) is 3. The van der Waals surface area contributed by atoms with E-state index in [1.54, 1.807) is 16.8 Å². The summed E-state index contributed by atoms with van der Waals surface area (Å²) in [5, 5.41) is 8.11. The number of nitrogens with one attached hydrogen (secondary N) is 1. The first-order valence-corrected chi connectivity index (χ1v) is 12.1. The molecular formula is C21H23ClN4OS3. The third-order valence-electron chi connectivity index (χ3n) is 4.37. The monoisotopic (exact) mass is 478 g/mol. The van der Waals surface area contributed by atoms with E-state index in [4.69, 9.17) is 23.8 Å². The zero-order valence-corrected chi connectivity index (χ0v) is 20.2. The first kappa shape index (κ1) is 22.8. The molecule has 2 aromatic carbocycles. The van der Waals surface area contributed by atoms with E-state index in [9.17, 15) is 4.79 Å². The molecule has 1 amide bonds. The van der Waals surface area contributed by atoms with E-state index in [2.05, 4.69) is 36.1 Å². The highest BCUT2D eigenvalue weighted by Crippen LogP contribution is 2.25. The Bertz CT molecular complexity index is 1050. The largest absolute Gasteiger partial charge is 0.369 e. The van der Waals surface area contributed by atoms with Crippen molar-refractivity contribution in [3.63, 3.8) is 0 Å². The molecule has 9 heteroatoms. The predicted molar refractivity (Wildman–Crippen MR) is 131 cm³/mol. The van der Waals surface area contributed by atoms with Crippen LogP contribution in [0, 0.1) is 3.95 Å². The number of thioether (sulfide) groups is 1. The Morgan fingerprint density at radius 3 is 2.50 bits per heavy atom. The Labute approximate surface area is 195 Å². The third-order valence-corrected chi connectivity index (χ3v) is 6.99. The fourth-order valence-electron chi connectivity index (χ4n) is 2.97. The van der Waals surface area contributed by atoms with E-state index in [1.165, 1.54) is 23.1 Å². The van der Waals surface area contributed by atoms with Crippen LogP contribution in [0.3, 0.4) is 0 Å². The minimum absolute atomic E-state index is 0.0804. The van der Waals surface area contributed by atoms with Crippen molar-refractivity contribution in [1.82, 2.24) is 9.78 Å². The standard InChI is InChI=1S/C21H23ClN4OS3/c1-4-25(14(2)3)17-11-7-16(8-12-17)23-19(27)13-29-20-24-26(21(28)30-20)18-9-5-15(22)6-10-18/h5-12,14H,4,13H2,1-3H3,(H,23,27). The zero-order chi connectivity index (χ0) is 21.7. The fraction of sp³-hybridized carbons (Fsp3) is 0.286. The molecule has 0 aliphatic carbocycles. The Kier molecular flexibility index (Phi) is 7.93. The molecule has 3 aromatic rings. The van der Waals surface area contributed by atoms with E-state index >= 15 is 0 Å². The van der Waals surface area contributed by atoms with Gasteiger partial charge in [-0.1, -0.05) is 34.7 Å². The number of rotatable bonds is 8. The fourth-order valence-corrected chi connectivity index (χ4v) is 5.26. The topological polar surface area (TPSA) is 50.2 Å². The highest BCUT2D eigenvalue weighted by Gasteiger charge is 2.11. The average molecular weight is 479 g/mol. The number of carbonyl (C=O) groups is 1. The van der Waals surface area contributed by atoms with E-state index in [-0.39, 0.29) is 11.7 Å². The molecule has 1 heterocycles. The molecular weight excluding hydrogens is 456 g/mol. The van der Waals surface area contributed by atoms with Gasteiger partial charge in [0, 0.05) is 29.0 Å². The Hall–Kier alpha value is -1.87. The lowest BCUT2D eigenvalue weighted by molar-refractivity contribution is -0.113. The Balaban J connectivity index is 1.58. The molecule has 0 aliphatic heterocycles. The van der Waals surface area contributed by atoms with Crippen LogP contribution in [0.5, 0.6) is 0 Å². The van der Waals surface area contributed by atoms with Gasteiger partial charge in [-0.05, 0) is 81.5 Å². The maximum absolute atomic E-state index is 12.4. The van der Waals surface area contributed by atoms with Crippen LogP contribution in [-0.4, -0.2) is 34.0 Å². The molecule has 0 bridgehead atoms. The van der Waals surface area contributed by atoms with E-state index < -0.39 is 0 Å². The average Bonchev–Trinajstić information content (AvgIpc) is 3.09. The summed E-state index contributed by atoms with van der Waals surface area (Å²) in [7, 11) is 0. The lowest BCUT2D eigenvalue weighted by atomic mass is 10.2. The number of anilines is 2. The maximum Gasteiger partial charge on any atom is 0.234 e. The van der Waals surface area contributed by atoms with Gasteiger partial charge in [0.15, 0.2) is 8.29 Å². The highest BCUT2D eigenvalue weighted by molar-refractivity contribution is 8.01. The molecule has 1 N–H and O–H groups in total. The summed E-state index contributed by atoms with van der Waals surface area (Å²) in [5.41, 5.74) is 2.77. The molecule has 3 rings (SSSR count). The van der Waals surface area contributed by atoms with Crippen molar-refractivity contribution in [1.29, 1.82) is 0 Å². The molecule has 0 saturated carbocycles. The van der Waals surface area contributed by atoms with Gasteiger partial charge in [0.1, 0.15) is 0 Å². The first-order chi connectivity index (χ1) is 14.4. The minimum Gasteiger partial charge on any atom is -0.369 e. The summed E-state index contributed by atoms with van der Waals surface area (Å²) in [6, 6.07) is 15.7. The van der Waals surface area contributed by atoms with Crippen molar-refractivity contribution in [3.05, 3.63) is 57.5 Å². The zero-order valence-electron chi connectivity index (χ0n) is 17.0. The molecule has 0 spiro atoms. The van der Waals surface area contributed by atoms with Crippen LogP contribution in [0.2, 0.25) is 5.02 Å². The molecule has 158 valence electrons. The van der Waals surface area contributed by atoms with Gasteiger partial charge < -0.3 is 10.2 Å². The molecule has 0 aliphatic rings. The van der Waals surface area contributed by atoms with Gasteiger partial charge in [0.25, 0.3) is 0 Å². The molecule has 30 heavy (non-hydrogen) atoms. The van der Waals surface area contributed by atoms with Crippen LogP contribution in [0.1, 0.15) is 20.8 Å². The van der Waals surface area contributed by atoms with Crippen molar-refractivity contribution in [2.45, 2.75) is 31.2 Å². The number of benzene rings is 2. The van der Waals surface area contributed by atoms with Crippen molar-refractivity contribution in [2.75, 3.05) is 22.5 Å². The second-order valence-corrected chi connectivity index (χ2v) is 10.1. The molecule has 1 aromatic heterocycles. The number of amides is 1. The van der Waals surface area contributed by atoms with Gasteiger partial charge in [-0.15, -0.1) is 5.10 Å². The molecule has 0 saturated heterocycles. The van der Waals surface area contributed by atoms with E-state index in [0.717, 1.165) is 27.9 Å². The summed E-state index contributed by atoms with van der Waals surface area (Å²) in [6.07, 6.45) is 0. The van der Waals surface area contributed by atoms with Gasteiger partial charge in [-0.2, -0.15) is 0 Å². The van der Waals surface area contributed by atoms with Crippen molar-refractivity contribution < 1.29 is 4.79 Å². The van der Waals surface area contributed by atoms with Gasteiger partial charge in [-0.25, -0.2) is 4.68 Å². The number of hydrogen-bond donors (Lipinski definition) is 1. The number of hydrogen-bond acceptors (Lipinski definition) is 6. The van der Waals surface area contributed by atoms with Crippen LogP contribution < -0.4 is 10.2 Å². The van der Waals surface area contributed by atoms with Crippen molar-refractivity contribution in [3.8, 4) is 5.69 Å². The first-order valence-electron chi connectivity index (χ1n) is 9.53. The second-order valence-electron chi connectivity index (χ2n) is 6.79. The van der Waals surface area contributed by atoms with E-state index in [1.807, 2.05) is 36.4 Å². The number of halogens is 1. The summed E-state index contributed by atoms with van der Waals surface area (Å²) < 4.78 is 3.06. The van der Waals surface area contributed by atoms with Crippen molar-refractivity contribution >= 4 is 64.2 Å². The molecule has 0 atom stereocenters. The van der Waals surface area contributed by atoms with Crippen LogP contribution in [0.25, 0.3) is 5.69 Å². The molecule has 0 fully saturated rings. The summed E-state index contributed by atoms with van der Waals surface area (Å²) >= 11 is 14.1. The number of carbonyl (C=O) groups excluding carboxylic acids is 1. The van der Waals surface area contributed by atoms with Crippen LogP contribution >= 0.6 is 46.9 Å². The quantitative estimate of drug-likeness (QED) is 0.305. The van der Waals surface area contributed by atoms with Gasteiger partial charge in [-0.3, -0.25) is 4.79 Å². The molecule has 5 nitrogen and oxygen atoms in total. The van der Waals surface area contributed by atoms with Gasteiger partial charge >= 0.3 is 0 Å². The van der Waals surface area contributed by atoms with Crippen molar-refractivity contribution in [2.24, 2.45) is 0 Å². The normalized spacial score (nSPS) is 11.0.